The van der Waals surface area contributed by atoms with Crippen LogP contribution in [-0.4, -0.2) is 22.3 Å². The van der Waals surface area contributed by atoms with E-state index in [0.29, 0.717) is 19.3 Å². The van der Waals surface area contributed by atoms with Gasteiger partial charge in [-0.2, -0.15) is 0 Å². The quantitative estimate of drug-likeness (QED) is 0.617. The van der Waals surface area contributed by atoms with Gasteiger partial charge in [0.25, 0.3) is 0 Å². The van der Waals surface area contributed by atoms with E-state index in [0.717, 1.165) is 12.8 Å². The minimum atomic E-state index is -0.656. The van der Waals surface area contributed by atoms with Crippen molar-refractivity contribution >= 4 is 5.97 Å². The van der Waals surface area contributed by atoms with Crippen molar-refractivity contribution in [1.29, 1.82) is 0 Å². The highest BCUT2D eigenvalue weighted by molar-refractivity contribution is 5.75. The monoisotopic (exact) mass is 170 g/mol. The first kappa shape index (κ1) is 8.05. The average molecular weight is 170 g/mol. The lowest BCUT2D eigenvalue weighted by Gasteiger charge is -2.31. The zero-order valence-corrected chi connectivity index (χ0v) is 6.99. The molecule has 68 valence electrons. The minimum absolute atomic E-state index is 0.236. The third-order valence-corrected chi connectivity index (χ3v) is 3.56. The molecule has 3 unspecified atom stereocenters. The normalized spacial score (nSPS) is 46.1. The van der Waals surface area contributed by atoms with Crippen LogP contribution in [0.15, 0.2) is 0 Å². The van der Waals surface area contributed by atoms with E-state index in [2.05, 4.69) is 0 Å². The van der Waals surface area contributed by atoms with Crippen LogP contribution >= 0.6 is 0 Å². The summed E-state index contributed by atoms with van der Waals surface area (Å²) in [5.41, 5.74) is -0.468. The predicted octanol–water partition coefficient (Wildman–Crippen LogP) is 1.01. The molecule has 12 heavy (non-hydrogen) atoms. The number of carboxylic acids is 1. The minimum Gasteiger partial charge on any atom is -0.481 e. The summed E-state index contributed by atoms with van der Waals surface area (Å²) < 4.78 is 0. The van der Waals surface area contributed by atoms with Gasteiger partial charge in [0.1, 0.15) is 0 Å². The van der Waals surface area contributed by atoms with E-state index in [9.17, 15) is 9.90 Å². The van der Waals surface area contributed by atoms with Crippen LogP contribution in [0.25, 0.3) is 0 Å². The highest BCUT2D eigenvalue weighted by atomic mass is 16.4. The molecule has 2 N–H and O–H groups in total. The highest BCUT2D eigenvalue weighted by Crippen LogP contribution is 2.51. The lowest BCUT2D eigenvalue weighted by Crippen LogP contribution is -2.35. The van der Waals surface area contributed by atoms with E-state index < -0.39 is 11.4 Å². The van der Waals surface area contributed by atoms with Gasteiger partial charge in [0.05, 0.1) is 11.5 Å². The number of aliphatic hydroxyl groups is 1. The number of fused-ring (bicyclic) bond motifs is 2. The zero-order chi connectivity index (χ0) is 8.77. The molecule has 0 saturated heterocycles. The fourth-order valence-corrected chi connectivity index (χ4v) is 2.68. The first-order valence-corrected chi connectivity index (χ1v) is 4.55. The number of aliphatic carboxylic acids is 1. The van der Waals surface area contributed by atoms with Crippen LogP contribution in [0.2, 0.25) is 0 Å². The first-order chi connectivity index (χ1) is 5.64. The Morgan fingerprint density at radius 3 is 2.67 bits per heavy atom. The fraction of sp³-hybridized carbons (Fsp3) is 0.889. The van der Waals surface area contributed by atoms with Crippen LogP contribution in [0.1, 0.15) is 32.1 Å². The Bertz CT molecular complexity index is 214. The van der Waals surface area contributed by atoms with Crippen molar-refractivity contribution in [3.05, 3.63) is 0 Å². The summed E-state index contributed by atoms with van der Waals surface area (Å²) in [5, 5.41) is 18.5. The smallest absolute Gasteiger partial charge is 0.309 e. The SMILES string of the molecule is O=C(O)C12CCC(O)C(CC1)C2. The van der Waals surface area contributed by atoms with Crippen molar-refractivity contribution in [2.75, 3.05) is 0 Å². The molecular formula is C9H14O3. The van der Waals surface area contributed by atoms with Gasteiger partial charge in [-0.15, -0.1) is 0 Å². The first-order valence-electron chi connectivity index (χ1n) is 4.55. The van der Waals surface area contributed by atoms with Crippen LogP contribution < -0.4 is 0 Å². The van der Waals surface area contributed by atoms with Gasteiger partial charge in [0.2, 0.25) is 0 Å². The highest BCUT2D eigenvalue weighted by Gasteiger charge is 2.50. The van der Waals surface area contributed by atoms with Crippen molar-refractivity contribution in [3.8, 4) is 0 Å². The molecule has 0 aromatic heterocycles. The lowest BCUT2D eigenvalue weighted by molar-refractivity contribution is -0.151. The van der Waals surface area contributed by atoms with E-state index in [-0.39, 0.29) is 12.0 Å². The van der Waals surface area contributed by atoms with Crippen LogP contribution in [0.3, 0.4) is 0 Å². The lowest BCUT2D eigenvalue weighted by atomic mass is 9.75. The molecule has 2 rings (SSSR count). The summed E-state index contributed by atoms with van der Waals surface area (Å²) in [4.78, 5) is 11.0. The molecule has 2 aliphatic rings. The maximum atomic E-state index is 11.0. The molecule has 0 radical (unpaired) electrons. The van der Waals surface area contributed by atoms with Gasteiger partial charge in [-0.1, -0.05) is 0 Å². The van der Waals surface area contributed by atoms with Gasteiger partial charge in [0.15, 0.2) is 0 Å². The molecule has 0 aliphatic heterocycles. The maximum absolute atomic E-state index is 11.0. The van der Waals surface area contributed by atoms with Gasteiger partial charge in [-0.25, -0.2) is 0 Å². The third-order valence-electron chi connectivity index (χ3n) is 3.56. The molecule has 0 amide bonds. The standard InChI is InChI=1S/C9H14O3/c10-7-2-4-9(8(11)12)3-1-6(7)5-9/h6-7,10H,1-5H2,(H,11,12). The van der Waals surface area contributed by atoms with Crippen molar-refractivity contribution in [2.45, 2.75) is 38.2 Å². The Kier molecular flexibility index (Phi) is 1.65. The molecule has 3 heteroatoms. The van der Waals surface area contributed by atoms with Gasteiger partial charge < -0.3 is 10.2 Å². The van der Waals surface area contributed by atoms with Gasteiger partial charge in [-0.3, -0.25) is 4.79 Å². The number of hydrogen-bond donors (Lipinski definition) is 2. The molecule has 3 nitrogen and oxygen atoms in total. The van der Waals surface area contributed by atoms with Gasteiger partial charge >= 0.3 is 5.97 Å². The molecule has 2 fully saturated rings. The topological polar surface area (TPSA) is 57.5 Å². The number of carboxylic acid groups (broad SMARTS) is 1. The largest absolute Gasteiger partial charge is 0.481 e. The molecule has 0 heterocycles. The fourth-order valence-electron chi connectivity index (χ4n) is 2.68. The molecule has 0 aromatic carbocycles. The van der Waals surface area contributed by atoms with Crippen molar-refractivity contribution < 1.29 is 15.0 Å². The van der Waals surface area contributed by atoms with Crippen LogP contribution in [0, 0.1) is 11.3 Å². The molecule has 3 atom stereocenters. The molecule has 2 aliphatic carbocycles. The van der Waals surface area contributed by atoms with Crippen LogP contribution in [0.5, 0.6) is 0 Å². The summed E-state index contributed by atoms with van der Waals surface area (Å²) in [6.45, 7) is 0. The van der Waals surface area contributed by atoms with E-state index in [4.69, 9.17) is 5.11 Å². The maximum Gasteiger partial charge on any atom is 0.309 e. The van der Waals surface area contributed by atoms with Crippen molar-refractivity contribution in [2.24, 2.45) is 11.3 Å². The molecule has 2 saturated carbocycles. The predicted molar refractivity (Wildman–Crippen MR) is 42.7 cm³/mol. The average Bonchev–Trinajstić information content (AvgIpc) is 2.40. The van der Waals surface area contributed by atoms with Crippen LogP contribution in [0.4, 0.5) is 0 Å². The second-order valence-corrected chi connectivity index (χ2v) is 4.19. The molecular weight excluding hydrogens is 156 g/mol. The summed E-state index contributed by atoms with van der Waals surface area (Å²) in [6.07, 6.45) is 3.47. The van der Waals surface area contributed by atoms with E-state index in [1.54, 1.807) is 0 Å². The Balaban J connectivity index is 2.18. The Labute approximate surface area is 71.4 Å². The van der Waals surface area contributed by atoms with Crippen LogP contribution in [-0.2, 0) is 4.79 Å². The second kappa shape index (κ2) is 2.46. The van der Waals surface area contributed by atoms with E-state index in [1.807, 2.05) is 0 Å². The van der Waals surface area contributed by atoms with E-state index in [1.165, 1.54) is 0 Å². The molecule has 2 bridgehead atoms. The molecule has 0 spiro atoms. The summed E-state index contributed by atoms with van der Waals surface area (Å²) >= 11 is 0. The number of carbonyl (C=O) groups is 1. The Hall–Kier alpha value is -0.570. The third kappa shape index (κ3) is 0.959. The Morgan fingerprint density at radius 2 is 2.00 bits per heavy atom. The number of hydrogen-bond acceptors (Lipinski definition) is 2. The van der Waals surface area contributed by atoms with Gasteiger partial charge in [0, 0.05) is 0 Å². The number of aliphatic hydroxyl groups excluding tert-OH is 1. The summed E-state index contributed by atoms with van der Waals surface area (Å²) in [7, 11) is 0. The molecule has 0 aromatic rings. The van der Waals surface area contributed by atoms with E-state index >= 15 is 0 Å². The Morgan fingerprint density at radius 1 is 1.33 bits per heavy atom. The summed E-state index contributed by atoms with van der Waals surface area (Å²) in [6, 6.07) is 0. The summed E-state index contributed by atoms with van der Waals surface area (Å²) in [5.74, 6) is -0.397. The number of rotatable bonds is 1. The van der Waals surface area contributed by atoms with Crippen molar-refractivity contribution in [3.63, 3.8) is 0 Å². The van der Waals surface area contributed by atoms with Gasteiger partial charge in [-0.05, 0) is 38.0 Å². The van der Waals surface area contributed by atoms with Crippen molar-refractivity contribution in [1.82, 2.24) is 0 Å². The zero-order valence-electron chi connectivity index (χ0n) is 6.99. The second-order valence-electron chi connectivity index (χ2n) is 4.19.